The van der Waals surface area contributed by atoms with Crippen LogP contribution in [0.4, 0.5) is 10.5 Å². The lowest BCUT2D eigenvalue weighted by molar-refractivity contribution is -0.137. The zero-order valence-corrected chi connectivity index (χ0v) is 13.9. The van der Waals surface area contributed by atoms with Gasteiger partial charge in [0.1, 0.15) is 6.61 Å². The molecule has 0 unspecified atom stereocenters. The highest BCUT2D eigenvalue weighted by atomic mass is 35.5. The molecule has 0 spiro atoms. The number of nitrogens with zero attached hydrogens (tertiary/aromatic N) is 1. The SMILES string of the molecule is CCOCCOc1c(Cl)cccc1NC(=O)N(C)CCC(=O)O. The van der Waals surface area contributed by atoms with Crippen molar-refractivity contribution in [2.45, 2.75) is 13.3 Å². The van der Waals surface area contributed by atoms with Gasteiger partial charge in [-0.2, -0.15) is 0 Å². The van der Waals surface area contributed by atoms with Crippen molar-refractivity contribution in [1.82, 2.24) is 4.90 Å². The first-order chi connectivity index (χ1) is 11.0. The second-order valence-corrected chi connectivity index (χ2v) is 5.06. The van der Waals surface area contributed by atoms with Gasteiger partial charge in [0.15, 0.2) is 5.75 Å². The monoisotopic (exact) mass is 344 g/mol. The van der Waals surface area contributed by atoms with E-state index in [2.05, 4.69) is 5.32 Å². The molecular formula is C15H21ClN2O5. The Kier molecular flexibility index (Phi) is 8.21. The van der Waals surface area contributed by atoms with Gasteiger partial charge in [-0.25, -0.2) is 4.79 Å². The predicted octanol–water partition coefficient (Wildman–Crippen LogP) is 2.69. The smallest absolute Gasteiger partial charge is 0.321 e. The fourth-order valence-electron chi connectivity index (χ4n) is 1.68. The van der Waals surface area contributed by atoms with E-state index >= 15 is 0 Å². The van der Waals surface area contributed by atoms with Crippen LogP contribution in [0.3, 0.4) is 0 Å². The number of anilines is 1. The van der Waals surface area contributed by atoms with E-state index in [-0.39, 0.29) is 13.0 Å². The maximum absolute atomic E-state index is 12.1. The summed E-state index contributed by atoms with van der Waals surface area (Å²) in [5, 5.41) is 11.7. The Bertz CT molecular complexity index is 539. The first kappa shape index (κ1) is 19.1. The molecule has 0 saturated heterocycles. The van der Waals surface area contributed by atoms with Crippen LogP contribution >= 0.6 is 11.6 Å². The highest BCUT2D eigenvalue weighted by Crippen LogP contribution is 2.33. The third-order valence-electron chi connectivity index (χ3n) is 2.89. The Morgan fingerprint density at radius 1 is 1.35 bits per heavy atom. The molecule has 128 valence electrons. The minimum Gasteiger partial charge on any atom is -0.487 e. The van der Waals surface area contributed by atoms with Gasteiger partial charge in [0, 0.05) is 20.2 Å². The summed E-state index contributed by atoms with van der Waals surface area (Å²) in [7, 11) is 1.51. The van der Waals surface area contributed by atoms with Gasteiger partial charge in [-0.05, 0) is 19.1 Å². The fraction of sp³-hybridized carbons (Fsp3) is 0.467. The van der Waals surface area contributed by atoms with E-state index in [0.29, 0.717) is 36.3 Å². The first-order valence-corrected chi connectivity index (χ1v) is 7.56. The highest BCUT2D eigenvalue weighted by Gasteiger charge is 2.15. The minimum atomic E-state index is -0.965. The summed E-state index contributed by atoms with van der Waals surface area (Å²) >= 11 is 6.10. The molecule has 0 bridgehead atoms. The number of carbonyl (C=O) groups is 2. The second kappa shape index (κ2) is 9.91. The molecule has 0 aromatic heterocycles. The van der Waals surface area contributed by atoms with Gasteiger partial charge >= 0.3 is 12.0 Å². The van der Waals surface area contributed by atoms with E-state index in [1.807, 2.05) is 6.92 Å². The molecule has 1 aromatic carbocycles. The molecule has 0 fully saturated rings. The molecule has 1 rings (SSSR count). The van der Waals surface area contributed by atoms with Crippen LogP contribution in [0.5, 0.6) is 5.75 Å². The summed E-state index contributed by atoms with van der Waals surface area (Å²) < 4.78 is 10.8. The number of carbonyl (C=O) groups excluding carboxylic acids is 1. The van der Waals surface area contributed by atoms with Gasteiger partial charge in [0.2, 0.25) is 0 Å². The Labute approximate surface area is 140 Å². The topological polar surface area (TPSA) is 88.1 Å². The molecule has 0 aliphatic rings. The molecule has 0 radical (unpaired) electrons. The highest BCUT2D eigenvalue weighted by molar-refractivity contribution is 6.32. The maximum atomic E-state index is 12.1. The van der Waals surface area contributed by atoms with Gasteiger partial charge in [-0.15, -0.1) is 0 Å². The van der Waals surface area contributed by atoms with E-state index in [1.165, 1.54) is 11.9 Å². The zero-order valence-electron chi connectivity index (χ0n) is 13.2. The van der Waals surface area contributed by atoms with E-state index in [0.717, 1.165) is 0 Å². The standard InChI is InChI=1S/C15H21ClN2O5/c1-3-22-9-10-23-14-11(16)5-4-6-12(14)17-15(21)18(2)8-7-13(19)20/h4-6H,3,7-10H2,1-2H3,(H,17,21)(H,19,20). The minimum absolute atomic E-state index is 0.0995. The number of para-hydroxylation sites is 1. The Hall–Kier alpha value is -1.99. The number of benzene rings is 1. The van der Waals surface area contributed by atoms with Crippen LogP contribution in [0, 0.1) is 0 Å². The predicted molar refractivity (Wildman–Crippen MR) is 87.3 cm³/mol. The molecule has 1 aromatic rings. The molecule has 0 aliphatic carbocycles. The molecule has 2 amide bonds. The van der Waals surface area contributed by atoms with Crippen LogP contribution in [0.1, 0.15) is 13.3 Å². The lowest BCUT2D eigenvalue weighted by Gasteiger charge is -2.19. The summed E-state index contributed by atoms with van der Waals surface area (Å²) in [6.45, 7) is 3.28. The van der Waals surface area contributed by atoms with Crippen molar-refractivity contribution in [3.8, 4) is 5.75 Å². The molecule has 8 heteroatoms. The van der Waals surface area contributed by atoms with Gasteiger partial charge in [-0.3, -0.25) is 4.79 Å². The molecule has 0 saturated carbocycles. The number of ether oxygens (including phenoxy) is 2. The molecule has 7 nitrogen and oxygen atoms in total. The number of hydrogen-bond acceptors (Lipinski definition) is 4. The Balaban J connectivity index is 2.69. The maximum Gasteiger partial charge on any atom is 0.321 e. The molecule has 23 heavy (non-hydrogen) atoms. The average molecular weight is 345 g/mol. The number of nitrogens with one attached hydrogen (secondary N) is 1. The van der Waals surface area contributed by atoms with Crippen molar-refractivity contribution in [1.29, 1.82) is 0 Å². The van der Waals surface area contributed by atoms with Gasteiger partial charge in [0.25, 0.3) is 0 Å². The van der Waals surface area contributed by atoms with E-state index < -0.39 is 12.0 Å². The van der Waals surface area contributed by atoms with Crippen LogP contribution in [0.25, 0.3) is 0 Å². The van der Waals surface area contributed by atoms with Crippen LogP contribution in [0.15, 0.2) is 18.2 Å². The molecular weight excluding hydrogens is 324 g/mol. The van der Waals surface area contributed by atoms with Crippen molar-refractivity contribution in [2.75, 3.05) is 38.7 Å². The normalized spacial score (nSPS) is 10.2. The zero-order chi connectivity index (χ0) is 17.2. The lowest BCUT2D eigenvalue weighted by atomic mass is 10.3. The Morgan fingerprint density at radius 3 is 2.74 bits per heavy atom. The van der Waals surface area contributed by atoms with Crippen LogP contribution in [-0.4, -0.2) is 55.4 Å². The number of hydrogen-bond donors (Lipinski definition) is 2. The number of halogens is 1. The van der Waals surface area contributed by atoms with E-state index in [1.54, 1.807) is 18.2 Å². The second-order valence-electron chi connectivity index (χ2n) is 4.66. The first-order valence-electron chi connectivity index (χ1n) is 7.18. The van der Waals surface area contributed by atoms with Crippen molar-refractivity contribution < 1.29 is 24.2 Å². The third-order valence-corrected chi connectivity index (χ3v) is 3.19. The quantitative estimate of drug-likeness (QED) is 0.672. The summed E-state index contributed by atoms with van der Waals surface area (Å²) in [5.74, 6) is -0.610. The Morgan fingerprint density at radius 2 is 2.09 bits per heavy atom. The summed E-state index contributed by atoms with van der Waals surface area (Å²) in [4.78, 5) is 23.9. The lowest BCUT2D eigenvalue weighted by Crippen LogP contribution is -2.33. The van der Waals surface area contributed by atoms with E-state index in [9.17, 15) is 9.59 Å². The summed E-state index contributed by atoms with van der Waals surface area (Å²) in [6, 6.07) is 4.56. The van der Waals surface area contributed by atoms with Gasteiger partial charge in [-0.1, -0.05) is 17.7 Å². The average Bonchev–Trinajstić information content (AvgIpc) is 2.51. The van der Waals surface area contributed by atoms with Crippen molar-refractivity contribution in [3.05, 3.63) is 23.2 Å². The fourth-order valence-corrected chi connectivity index (χ4v) is 1.91. The number of aliphatic carboxylic acids is 1. The number of rotatable bonds is 9. The molecule has 2 N–H and O–H groups in total. The van der Waals surface area contributed by atoms with Gasteiger partial charge < -0.3 is 24.8 Å². The number of amides is 2. The van der Waals surface area contributed by atoms with Crippen molar-refractivity contribution in [2.24, 2.45) is 0 Å². The summed E-state index contributed by atoms with van der Waals surface area (Å²) in [5.41, 5.74) is 0.418. The molecule has 0 atom stereocenters. The number of carboxylic acids is 1. The molecule has 0 aliphatic heterocycles. The van der Waals surface area contributed by atoms with Gasteiger partial charge in [0.05, 0.1) is 23.7 Å². The third kappa shape index (κ3) is 6.75. The van der Waals surface area contributed by atoms with Crippen molar-refractivity contribution >= 4 is 29.3 Å². The number of carboxylic acid groups (broad SMARTS) is 1. The van der Waals surface area contributed by atoms with Crippen LogP contribution in [-0.2, 0) is 9.53 Å². The van der Waals surface area contributed by atoms with Crippen molar-refractivity contribution in [3.63, 3.8) is 0 Å². The number of urea groups is 1. The summed E-state index contributed by atoms with van der Waals surface area (Å²) in [6.07, 6.45) is -0.128. The van der Waals surface area contributed by atoms with Crippen LogP contribution < -0.4 is 10.1 Å². The largest absolute Gasteiger partial charge is 0.487 e. The van der Waals surface area contributed by atoms with Crippen LogP contribution in [0.2, 0.25) is 5.02 Å². The van der Waals surface area contributed by atoms with E-state index in [4.69, 9.17) is 26.2 Å². The molecule has 0 heterocycles.